The zero-order chi connectivity index (χ0) is 30.3. The molecule has 7 rings (SSSR count). The number of phenolic OH excluding ortho intramolecular Hbond substituents is 1. The number of benzene rings is 2. The molecule has 4 aliphatic rings. The molecule has 7 nitrogen and oxygen atoms in total. The van der Waals surface area contributed by atoms with Crippen molar-refractivity contribution in [3.05, 3.63) is 40.4 Å². The Balaban J connectivity index is 1.38. The van der Waals surface area contributed by atoms with Crippen LogP contribution in [-0.2, 0) is 6.18 Å². The van der Waals surface area contributed by atoms with Crippen LogP contribution in [0.25, 0.3) is 22.0 Å². The van der Waals surface area contributed by atoms with Gasteiger partial charge < -0.3 is 20.1 Å². The summed E-state index contributed by atoms with van der Waals surface area (Å²) in [6.07, 6.45) is -2.40. The molecule has 4 aliphatic heterocycles. The van der Waals surface area contributed by atoms with Crippen molar-refractivity contribution in [2.75, 3.05) is 37.7 Å². The molecule has 5 heterocycles. The minimum atomic E-state index is -5.08. The van der Waals surface area contributed by atoms with E-state index in [0.29, 0.717) is 38.2 Å². The van der Waals surface area contributed by atoms with Gasteiger partial charge in [0, 0.05) is 49.1 Å². The van der Waals surface area contributed by atoms with Crippen molar-refractivity contribution in [2.45, 2.75) is 62.1 Å². The van der Waals surface area contributed by atoms with Crippen LogP contribution in [0.4, 0.5) is 32.2 Å². The van der Waals surface area contributed by atoms with Gasteiger partial charge in [-0.05, 0) is 50.4 Å². The minimum Gasteiger partial charge on any atom is -0.508 e. The number of alkyl halides is 4. The van der Waals surface area contributed by atoms with Crippen LogP contribution in [0.5, 0.6) is 11.8 Å². The maximum Gasteiger partial charge on any atom is 0.418 e. The first-order valence-electron chi connectivity index (χ1n) is 14.2. The number of rotatable bonds is 5. The highest BCUT2D eigenvalue weighted by atomic mass is 35.5. The lowest BCUT2D eigenvalue weighted by molar-refractivity contribution is -0.137. The van der Waals surface area contributed by atoms with E-state index in [2.05, 4.69) is 15.3 Å². The first-order valence-corrected chi connectivity index (χ1v) is 14.6. The molecule has 0 spiro atoms. The molecule has 14 heteroatoms. The Morgan fingerprint density at radius 2 is 1.84 bits per heavy atom. The first kappa shape index (κ1) is 28.7. The Bertz CT molecular complexity index is 1600. The van der Waals surface area contributed by atoms with Gasteiger partial charge in [-0.2, -0.15) is 23.1 Å². The lowest BCUT2D eigenvalue weighted by atomic mass is 9.95. The number of nitrogens with one attached hydrogen (secondary N) is 1. The van der Waals surface area contributed by atoms with Crippen molar-refractivity contribution in [3.63, 3.8) is 0 Å². The number of aromatic nitrogens is 2. The summed E-state index contributed by atoms with van der Waals surface area (Å²) in [5.74, 6) is -3.17. The summed E-state index contributed by atoms with van der Waals surface area (Å²) in [6, 6.07) is 2.23. The molecule has 0 radical (unpaired) electrons. The van der Waals surface area contributed by atoms with E-state index >= 15 is 8.78 Å². The minimum absolute atomic E-state index is 0.0300. The third-order valence-electron chi connectivity index (χ3n) is 9.22. The summed E-state index contributed by atoms with van der Waals surface area (Å²) in [6.45, 7) is 2.05. The average Bonchev–Trinajstić information content (AvgIpc) is 3.56. The Kier molecular flexibility index (Phi) is 6.86. The van der Waals surface area contributed by atoms with E-state index in [1.54, 1.807) is 0 Å². The number of phenols is 1. The predicted octanol–water partition coefficient (Wildman–Crippen LogP) is 5.85. The summed E-state index contributed by atoms with van der Waals surface area (Å²) in [5, 5.41) is 12.6. The van der Waals surface area contributed by atoms with E-state index in [-0.39, 0.29) is 42.3 Å². The van der Waals surface area contributed by atoms with Gasteiger partial charge in [-0.1, -0.05) is 11.6 Å². The highest BCUT2D eigenvalue weighted by Gasteiger charge is 2.49. The highest BCUT2D eigenvalue weighted by Crippen LogP contribution is 2.47. The van der Waals surface area contributed by atoms with Gasteiger partial charge in [0.15, 0.2) is 5.82 Å². The monoisotopic (exact) mass is 627 g/mol. The molecule has 0 unspecified atom stereocenters. The Hall–Kier alpha value is -3.03. The number of hydrogen-bond donors (Lipinski definition) is 2. The van der Waals surface area contributed by atoms with Crippen LogP contribution in [0, 0.1) is 11.6 Å². The zero-order valence-electron chi connectivity index (χ0n) is 22.8. The van der Waals surface area contributed by atoms with Crippen LogP contribution in [0.15, 0.2) is 18.2 Å². The highest BCUT2D eigenvalue weighted by molar-refractivity contribution is 6.32. The molecule has 4 fully saturated rings. The number of hydrogen-bond acceptors (Lipinski definition) is 7. The van der Waals surface area contributed by atoms with E-state index in [4.69, 9.17) is 16.3 Å². The van der Waals surface area contributed by atoms with Crippen LogP contribution in [0.3, 0.4) is 0 Å². The molecule has 43 heavy (non-hydrogen) atoms. The molecule has 0 amide bonds. The summed E-state index contributed by atoms with van der Waals surface area (Å²) in [7, 11) is 0. The summed E-state index contributed by atoms with van der Waals surface area (Å²) < 4.78 is 94.6. The fourth-order valence-electron chi connectivity index (χ4n) is 7.41. The van der Waals surface area contributed by atoms with Gasteiger partial charge in [-0.25, -0.2) is 13.2 Å². The second-order valence-corrected chi connectivity index (χ2v) is 12.4. The quantitative estimate of drug-likeness (QED) is 0.344. The van der Waals surface area contributed by atoms with Gasteiger partial charge in [0.2, 0.25) is 0 Å². The van der Waals surface area contributed by atoms with Crippen molar-refractivity contribution in [1.29, 1.82) is 0 Å². The molecule has 4 saturated heterocycles. The van der Waals surface area contributed by atoms with Crippen molar-refractivity contribution in [3.8, 4) is 22.9 Å². The van der Waals surface area contributed by atoms with Gasteiger partial charge >= 0.3 is 12.2 Å². The number of halogens is 7. The Labute approximate surface area is 247 Å². The largest absolute Gasteiger partial charge is 0.508 e. The molecule has 1 aromatic heterocycles. The van der Waals surface area contributed by atoms with E-state index in [0.717, 1.165) is 31.9 Å². The molecule has 3 aromatic rings. The van der Waals surface area contributed by atoms with E-state index < -0.39 is 62.5 Å². The number of ether oxygens (including phenoxy) is 1. The van der Waals surface area contributed by atoms with Crippen LogP contribution in [-0.4, -0.2) is 76.6 Å². The van der Waals surface area contributed by atoms with Crippen LogP contribution >= 0.6 is 11.6 Å². The molecular formula is C29H28ClF6N5O2. The maximum absolute atomic E-state index is 16.4. The number of nitrogens with zero attached hydrogens (tertiary/aromatic N) is 4. The van der Waals surface area contributed by atoms with Crippen molar-refractivity contribution < 1.29 is 36.2 Å². The predicted molar refractivity (Wildman–Crippen MR) is 147 cm³/mol. The molecule has 0 saturated carbocycles. The Morgan fingerprint density at radius 3 is 2.56 bits per heavy atom. The van der Waals surface area contributed by atoms with E-state index in [1.807, 2.05) is 9.80 Å². The number of fused-ring (bicyclic) bond motifs is 4. The van der Waals surface area contributed by atoms with Gasteiger partial charge in [0.05, 0.1) is 21.7 Å². The number of anilines is 1. The van der Waals surface area contributed by atoms with Gasteiger partial charge in [0.25, 0.3) is 0 Å². The fourth-order valence-corrected chi connectivity index (χ4v) is 7.73. The lowest BCUT2D eigenvalue weighted by Crippen LogP contribution is -2.51. The van der Waals surface area contributed by atoms with Crippen molar-refractivity contribution in [1.82, 2.24) is 20.2 Å². The van der Waals surface area contributed by atoms with E-state index in [9.17, 15) is 22.7 Å². The SMILES string of the molecule is Oc1cc(Cl)c(C(F)(F)F)c(-c2c(F)cc3c(N4C[C@H]5CC[C@@H](C4)N5)nc(OC[C@@]45CCCN4C[C@H](F)C5)nc3c2F)c1. The van der Waals surface area contributed by atoms with Crippen LogP contribution in [0.1, 0.15) is 37.7 Å². The summed E-state index contributed by atoms with van der Waals surface area (Å²) in [4.78, 5) is 12.7. The summed E-state index contributed by atoms with van der Waals surface area (Å²) in [5.41, 5.74) is -4.48. The molecule has 2 bridgehead atoms. The second-order valence-electron chi connectivity index (χ2n) is 12.0. The number of piperazine rings is 1. The van der Waals surface area contributed by atoms with Crippen molar-refractivity contribution >= 4 is 28.3 Å². The molecular weight excluding hydrogens is 600 g/mol. The molecule has 0 aliphatic carbocycles. The normalized spacial score (nSPS) is 27.3. The topological polar surface area (TPSA) is 73.8 Å². The van der Waals surface area contributed by atoms with E-state index in [1.165, 1.54) is 0 Å². The smallest absolute Gasteiger partial charge is 0.418 e. The summed E-state index contributed by atoms with van der Waals surface area (Å²) >= 11 is 5.82. The maximum atomic E-state index is 16.4. The second kappa shape index (κ2) is 10.3. The van der Waals surface area contributed by atoms with Crippen LogP contribution < -0.4 is 15.0 Å². The third-order valence-corrected chi connectivity index (χ3v) is 9.52. The third kappa shape index (κ3) is 4.93. The lowest BCUT2D eigenvalue weighted by Gasteiger charge is -2.34. The van der Waals surface area contributed by atoms with Gasteiger partial charge in [-0.15, -0.1) is 0 Å². The molecule has 2 N–H and O–H groups in total. The van der Waals surface area contributed by atoms with Crippen LogP contribution in [0.2, 0.25) is 5.02 Å². The molecule has 230 valence electrons. The first-order chi connectivity index (χ1) is 20.4. The number of aromatic hydroxyl groups is 1. The fraction of sp³-hybridized carbons (Fsp3) is 0.517. The van der Waals surface area contributed by atoms with Gasteiger partial charge in [0.1, 0.15) is 35.7 Å². The standard InChI is InChI=1S/C29H28ClF6N5O2/c30-20-7-17(42)6-18(23(20)29(34,35)36)22-21(32)8-19-25(24(22)33)38-27(39-26(19)40-11-15-2-3-16(12-40)37-15)43-13-28-4-1-5-41(28)10-14(31)9-28/h6-8,14-16,37,42H,1-5,9-13H2/t14-,15-,16+,28+/m1/s1. The zero-order valence-corrected chi connectivity index (χ0v) is 23.6. The van der Waals surface area contributed by atoms with Gasteiger partial charge in [-0.3, -0.25) is 4.90 Å². The molecule has 2 aromatic carbocycles. The average molecular weight is 628 g/mol. The Morgan fingerprint density at radius 1 is 1.09 bits per heavy atom. The van der Waals surface area contributed by atoms with Crippen molar-refractivity contribution in [2.24, 2.45) is 0 Å². The molecule has 4 atom stereocenters.